The van der Waals surface area contributed by atoms with Gasteiger partial charge in [0.05, 0.1) is 12.4 Å². The lowest BCUT2D eigenvalue weighted by molar-refractivity contribution is -0.0509. The maximum Gasteiger partial charge on any atom is 0.387 e. The summed E-state index contributed by atoms with van der Waals surface area (Å²) in [6, 6.07) is 7.68. The van der Waals surface area contributed by atoms with E-state index in [1.165, 1.54) is 18.3 Å². The zero-order chi connectivity index (χ0) is 26.8. The number of hydrogen-bond donors (Lipinski definition) is 2. The summed E-state index contributed by atoms with van der Waals surface area (Å²) in [7, 11) is 2.10. The first-order chi connectivity index (χ1) is 17.4. The lowest BCUT2D eigenvalue weighted by atomic mass is 9.77. The molecule has 37 heavy (non-hydrogen) atoms. The Hall–Kier alpha value is -3.60. The third-order valence-corrected chi connectivity index (χ3v) is 6.67. The fraction of sp³-hybridized carbons (Fsp3) is 0.423. The highest BCUT2D eigenvalue weighted by atomic mass is 19.3. The molecule has 2 aromatic heterocycles. The van der Waals surface area contributed by atoms with Crippen molar-refractivity contribution in [3.8, 4) is 17.2 Å². The van der Waals surface area contributed by atoms with Crippen LogP contribution in [-0.2, 0) is 0 Å². The van der Waals surface area contributed by atoms with E-state index in [0.29, 0.717) is 11.4 Å². The summed E-state index contributed by atoms with van der Waals surface area (Å²) in [5, 5.41) is 6.16. The van der Waals surface area contributed by atoms with Gasteiger partial charge in [-0.05, 0) is 71.8 Å². The minimum atomic E-state index is -3.06. The third kappa shape index (κ3) is 6.40. The molecule has 2 N–H and O–H groups in total. The van der Waals surface area contributed by atoms with E-state index in [9.17, 15) is 13.2 Å². The zero-order valence-corrected chi connectivity index (χ0v) is 21.4. The molecule has 3 aromatic rings. The number of nitrogens with zero attached hydrogens (tertiary/aromatic N) is 4. The van der Waals surface area contributed by atoms with Crippen molar-refractivity contribution in [2.24, 2.45) is 0 Å². The Kier molecular flexibility index (Phi) is 7.44. The van der Waals surface area contributed by atoms with Crippen LogP contribution < -0.4 is 20.1 Å². The van der Waals surface area contributed by atoms with Crippen LogP contribution in [0, 0.1) is 5.82 Å². The van der Waals surface area contributed by atoms with Gasteiger partial charge >= 0.3 is 6.61 Å². The van der Waals surface area contributed by atoms with E-state index in [1.807, 2.05) is 0 Å². The Morgan fingerprint density at radius 3 is 2.43 bits per heavy atom. The molecule has 4 rings (SSSR count). The van der Waals surface area contributed by atoms with Gasteiger partial charge in [0.25, 0.3) is 0 Å². The van der Waals surface area contributed by atoms with Crippen molar-refractivity contribution < 1.29 is 22.6 Å². The minimum absolute atomic E-state index is 0.00611. The first kappa shape index (κ1) is 26.5. The molecule has 198 valence electrons. The minimum Gasteiger partial charge on any atom is -0.452 e. The number of anilines is 3. The molecule has 8 nitrogen and oxygen atoms in total. The Morgan fingerprint density at radius 1 is 1.05 bits per heavy atom. The van der Waals surface area contributed by atoms with Crippen molar-refractivity contribution in [1.82, 2.24) is 19.9 Å². The van der Waals surface area contributed by atoms with Crippen LogP contribution in [0.5, 0.6) is 17.2 Å². The SMILES string of the molecule is CN1C(C)(C)CC(Nc2nc(Nc3ccc(Oc4cccnc4)c(OC(F)F)c3)ncc2F)CC1(C)C. The largest absolute Gasteiger partial charge is 0.452 e. The number of benzene rings is 1. The lowest BCUT2D eigenvalue weighted by Crippen LogP contribution is -2.61. The molecule has 0 spiro atoms. The number of aromatic nitrogens is 3. The van der Waals surface area contributed by atoms with Crippen molar-refractivity contribution in [2.75, 3.05) is 17.7 Å². The van der Waals surface area contributed by atoms with Gasteiger partial charge in [-0.25, -0.2) is 9.37 Å². The van der Waals surface area contributed by atoms with E-state index in [2.05, 4.69) is 70.0 Å². The van der Waals surface area contributed by atoms with Crippen LogP contribution in [0.2, 0.25) is 0 Å². The van der Waals surface area contributed by atoms with E-state index < -0.39 is 12.4 Å². The van der Waals surface area contributed by atoms with E-state index in [4.69, 9.17) is 4.74 Å². The first-order valence-electron chi connectivity index (χ1n) is 11.9. The molecule has 1 saturated heterocycles. The molecular weight excluding hydrogens is 485 g/mol. The second-order valence-electron chi connectivity index (χ2n) is 10.3. The predicted molar refractivity (Wildman–Crippen MR) is 135 cm³/mol. The number of pyridine rings is 1. The number of halogens is 3. The van der Waals surface area contributed by atoms with Crippen molar-refractivity contribution in [3.05, 3.63) is 54.7 Å². The Bertz CT molecular complexity index is 1210. The average molecular weight is 517 g/mol. The monoisotopic (exact) mass is 516 g/mol. The molecule has 1 aromatic carbocycles. The van der Waals surface area contributed by atoms with Gasteiger partial charge < -0.3 is 20.1 Å². The van der Waals surface area contributed by atoms with Crippen molar-refractivity contribution >= 4 is 17.5 Å². The molecule has 11 heteroatoms. The standard InChI is InChI=1S/C26H31F3N6O2/c1-25(2)12-17(13-26(3,4)35(25)5)32-22-19(27)15-31-24(34-22)33-16-8-9-20(21(11-16)37-23(28)29)36-18-7-6-10-30-14-18/h6-11,14-15,17,23H,12-13H2,1-5H3,(H2,31,32,33,34). The lowest BCUT2D eigenvalue weighted by Gasteiger charge is -2.53. The fourth-order valence-corrected chi connectivity index (χ4v) is 4.72. The number of nitrogens with one attached hydrogen (secondary N) is 2. The fourth-order valence-electron chi connectivity index (χ4n) is 4.72. The highest BCUT2D eigenvalue weighted by Gasteiger charge is 2.43. The van der Waals surface area contributed by atoms with Gasteiger partial charge in [0.2, 0.25) is 5.95 Å². The second kappa shape index (κ2) is 10.4. The van der Waals surface area contributed by atoms with Gasteiger partial charge in [0.1, 0.15) is 5.75 Å². The molecule has 0 amide bonds. The van der Waals surface area contributed by atoms with E-state index in [1.54, 1.807) is 24.4 Å². The smallest absolute Gasteiger partial charge is 0.387 e. The summed E-state index contributed by atoms with van der Waals surface area (Å²) in [5.41, 5.74) is 0.170. The predicted octanol–water partition coefficient (Wildman–Crippen LogP) is 6.21. The van der Waals surface area contributed by atoms with Crippen LogP contribution in [0.15, 0.2) is 48.9 Å². The molecule has 3 heterocycles. The Labute approximate surface area is 214 Å². The maximum atomic E-state index is 14.6. The number of alkyl halides is 2. The summed E-state index contributed by atoms with van der Waals surface area (Å²) in [6.07, 6.45) is 5.68. The van der Waals surface area contributed by atoms with Crippen molar-refractivity contribution in [2.45, 2.75) is 64.3 Å². The summed E-state index contributed by atoms with van der Waals surface area (Å²) >= 11 is 0. The van der Waals surface area contributed by atoms with Crippen molar-refractivity contribution in [3.63, 3.8) is 0 Å². The summed E-state index contributed by atoms with van der Waals surface area (Å²) in [4.78, 5) is 14.6. The molecule has 0 saturated carbocycles. The van der Waals surface area contributed by atoms with Gasteiger partial charge in [0.15, 0.2) is 23.1 Å². The van der Waals surface area contributed by atoms with Crippen molar-refractivity contribution in [1.29, 1.82) is 0 Å². The molecule has 1 fully saturated rings. The highest BCUT2D eigenvalue weighted by molar-refractivity contribution is 5.61. The molecule has 0 unspecified atom stereocenters. The number of piperidine rings is 1. The summed E-state index contributed by atoms with van der Waals surface area (Å²) in [6.45, 7) is 5.57. The summed E-state index contributed by atoms with van der Waals surface area (Å²) in [5.74, 6) is -0.172. The van der Waals surface area contributed by atoms with Gasteiger partial charge in [0, 0.05) is 35.1 Å². The maximum absolute atomic E-state index is 14.6. The average Bonchev–Trinajstić information content (AvgIpc) is 2.81. The Balaban J connectivity index is 1.53. The molecule has 1 aliphatic heterocycles. The van der Waals surface area contributed by atoms with Gasteiger partial charge in [-0.1, -0.05) is 0 Å². The van der Waals surface area contributed by atoms with Crippen LogP contribution in [0.1, 0.15) is 40.5 Å². The number of likely N-dealkylation sites (tertiary alicyclic amines) is 1. The molecule has 0 bridgehead atoms. The first-order valence-corrected chi connectivity index (χ1v) is 11.9. The molecule has 1 aliphatic rings. The molecule has 0 radical (unpaired) electrons. The van der Waals surface area contributed by atoms with Crippen LogP contribution in [0.25, 0.3) is 0 Å². The molecule has 0 atom stereocenters. The quantitative estimate of drug-likeness (QED) is 0.366. The van der Waals surface area contributed by atoms with Gasteiger partial charge in [-0.3, -0.25) is 9.88 Å². The van der Waals surface area contributed by atoms with Crippen LogP contribution in [0.4, 0.5) is 30.6 Å². The molecule has 0 aliphatic carbocycles. The van der Waals surface area contributed by atoms with Crippen LogP contribution >= 0.6 is 0 Å². The summed E-state index contributed by atoms with van der Waals surface area (Å²) < 4.78 is 51.1. The van der Waals surface area contributed by atoms with E-state index in [-0.39, 0.29) is 40.4 Å². The van der Waals surface area contributed by atoms with E-state index in [0.717, 1.165) is 19.0 Å². The normalized spacial score (nSPS) is 17.4. The number of rotatable bonds is 8. The number of hydrogen-bond acceptors (Lipinski definition) is 8. The second-order valence-corrected chi connectivity index (χ2v) is 10.3. The van der Waals surface area contributed by atoms with E-state index >= 15 is 0 Å². The third-order valence-electron chi connectivity index (χ3n) is 6.67. The number of ether oxygens (including phenoxy) is 2. The van der Waals surface area contributed by atoms with Gasteiger partial charge in [-0.15, -0.1) is 0 Å². The Morgan fingerprint density at radius 2 is 1.78 bits per heavy atom. The van der Waals surface area contributed by atoms with Crippen LogP contribution in [-0.4, -0.2) is 50.6 Å². The molecular formula is C26H31F3N6O2. The zero-order valence-electron chi connectivity index (χ0n) is 21.4. The highest BCUT2D eigenvalue weighted by Crippen LogP contribution is 2.38. The van der Waals surface area contributed by atoms with Crippen LogP contribution in [0.3, 0.4) is 0 Å². The van der Waals surface area contributed by atoms with Gasteiger partial charge in [-0.2, -0.15) is 13.8 Å². The topological polar surface area (TPSA) is 84.4 Å².